The summed E-state index contributed by atoms with van der Waals surface area (Å²) >= 11 is 3.75. The maximum absolute atomic E-state index is 9.28. The van der Waals surface area contributed by atoms with Gasteiger partial charge in [-0.15, -0.1) is 22.7 Å². The van der Waals surface area contributed by atoms with E-state index < -0.39 is 8.07 Å². The van der Waals surface area contributed by atoms with Crippen LogP contribution in [0.3, 0.4) is 0 Å². The second kappa shape index (κ2) is 12.9. The number of nitrogens with zero attached hydrogens (tertiary/aromatic N) is 2. The third kappa shape index (κ3) is 5.70. The summed E-state index contributed by atoms with van der Waals surface area (Å²) in [5, 5.41) is 9.28. The number of benzene rings is 5. The average Bonchev–Trinajstić information content (AvgIpc) is 3.97. The summed E-state index contributed by atoms with van der Waals surface area (Å²) in [5.74, 6) is 0. The minimum atomic E-state index is -1.90. The van der Waals surface area contributed by atoms with Gasteiger partial charge in [0.2, 0.25) is 0 Å². The van der Waals surface area contributed by atoms with Gasteiger partial charge >= 0.3 is 0 Å². The molecule has 270 valence electrons. The normalized spacial score (nSPS) is 14.8. The van der Waals surface area contributed by atoms with E-state index in [0.29, 0.717) is 0 Å². The molecule has 0 amide bonds. The molecule has 0 atom stereocenters. The third-order valence-corrected chi connectivity index (χ3v) is 20.3. The molecule has 0 N–H and O–H groups in total. The number of hydrogen-bond acceptors (Lipinski definition) is 4. The first-order chi connectivity index (χ1) is 26.4. The monoisotopic (exact) mass is 764 g/mol. The fraction of sp³-hybridized carbons (Fsp3) is 0.180. The molecule has 7 aromatic rings. The highest BCUT2D eigenvalue weighted by Gasteiger charge is 2.38. The molecule has 5 aromatic carbocycles. The third-order valence-electron chi connectivity index (χ3n) is 12.1. The van der Waals surface area contributed by atoms with Gasteiger partial charge in [0.25, 0.3) is 0 Å². The first-order valence-corrected chi connectivity index (χ1v) is 23.7. The van der Waals surface area contributed by atoms with Gasteiger partial charge in [0.05, 0.1) is 6.07 Å². The summed E-state index contributed by atoms with van der Waals surface area (Å²) in [5.41, 5.74) is 16.1. The Balaban J connectivity index is 1.11. The maximum Gasteiger partial charge on any atom is 0.137 e. The van der Waals surface area contributed by atoms with Crippen LogP contribution in [0.1, 0.15) is 61.7 Å². The number of anilines is 3. The van der Waals surface area contributed by atoms with Crippen molar-refractivity contribution in [1.82, 2.24) is 0 Å². The van der Waals surface area contributed by atoms with E-state index in [9.17, 15) is 5.26 Å². The van der Waals surface area contributed by atoms with Crippen molar-refractivity contribution in [3.05, 3.63) is 166 Å². The number of nitriles is 1. The van der Waals surface area contributed by atoms with Gasteiger partial charge in [0, 0.05) is 43.2 Å². The minimum Gasteiger partial charge on any atom is -0.310 e. The van der Waals surface area contributed by atoms with E-state index in [1.165, 1.54) is 75.3 Å². The highest BCUT2D eigenvalue weighted by Crippen LogP contribution is 2.53. The molecule has 2 nitrogen and oxygen atoms in total. The molecular formula is C50H44N2S2Si. The van der Waals surface area contributed by atoms with Crippen molar-refractivity contribution in [1.29, 1.82) is 5.26 Å². The largest absolute Gasteiger partial charge is 0.310 e. The lowest BCUT2D eigenvalue weighted by molar-refractivity contribution is 0.660. The summed E-state index contributed by atoms with van der Waals surface area (Å²) in [6, 6.07) is 52.5. The van der Waals surface area contributed by atoms with Crippen molar-refractivity contribution in [2.75, 3.05) is 4.90 Å². The minimum absolute atomic E-state index is 0.0933. The molecule has 2 aromatic heterocycles. The molecule has 0 spiro atoms. The van der Waals surface area contributed by atoms with E-state index in [1.54, 1.807) is 0 Å². The van der Waals surface area contributed by atoms with Gasteiger partial charge in [-0.2, -0.15) is 5.26 Å². The highest BCUT2D eigenvalue weighted by atomic mass is 32.1. The number of allylic oxidation sites excluding steroid dienone is 1. The first-order valence-electron chi connectivity index (χ1n) is 19.1. The Kier molecular flexibility index (Phi) is 8.33. The van der Waals surface area contributed by atoms with E-state index in [1.807, 2.05) is 35.7 Å². The predicted molar refractivity (Wildman–Crippen MR) is 240 cm³/mol. The maximum atomic E-state index is 9.28. The summed E-state index contributed by atoms with van der Waals surface area (Å²) in [4.78, 5) is 4.90. The molecule has 0 bridgehead atoms. The van der Waals surface area contributed by atoms with E-state index in [0.717, 1.165) is 16.1 Å². The van der Waals surface area contributed by atoms with Crippen LogP contribution in [0.25, 0.3) is 38.8 Å². The van der Waals surface area contributed by atoms with Gasteiger partial charge in [-0.1, -0.05) is 126 Å². The van der Waals surface area contributed by atoms with Crippen LogP contribution in [0.2, 0.25) is 13.1 Å². The SMILES string of the molecule is C/C(C#N)=C\c1ccc([Si](C)(C)c2ccc(-c3ccc(N(c4ccc5c(c4)C(C)(C)c4ccccc4-5)c4ccc5c(c4)C(C)(C)c4ccccc4-5)cc3)s2)s1. The summed E-state index contributed by atoms with van der Waals surface area (Å²) in [6.45, 7) is 16.2. The summed E-state index contributed by atoms with van der Waals surface area (Å²) in [6.07, 6.45) is 1.99. The Morgan fingerprint density at radius 1 is 0.582 bits per heavy atom. The lowest BCUT2D eigenvalue weighted by Gasteiger charge is -2.30. The van der Waals surface area contributed by atoms with E-state index in [2.05, 4.69) is 185 Å². The van der Waals surface area contributed by atoms with E-state index in [-0.39, 0.29) is 10.8 Å². The molecule has 55 heavy (non-hydrogen) atoms. The fourth-order valence-electron chi connectivity index (χ4n) is 8.85. The van der Waals surface area contributed by atoms with Crippen molar-refractivity contribution in [2.45, 2.75) is 58.5 Å². The lowest BCUT2D eigenvalue weighted by Crippen LogP contribution is -2.49. The molecule has 0 radical (unpaired) electrons. The van der Waals surface area contributed by atoms with Gasteiger partial charge in [-0.3, -0.25) is 0 Å². The molecule has 5 heteroatoms. The Hall–Kier alpha value is -5.25. The Morgan fingerprint density at radius 3 is 1.64 bits per heavy atom. The molecule has 0 saturated carbocycles. The van der Waals surface area contributed by atoms with Crippen LogP contribution in [-0.2, 0) is 10.8 Å². The number of rotatable bonds is 7. The zero-order chi connectivity index (χ0) is 38.3. The van der Waals surface area contributed by atoms with Crippen molar-refractivity contribution in [2.24, 2.45) is 0 Å². The van der Waals surface area contributed by atoms with Gasteiger partial charge in [-0.25, -0.2) is 0 Å². The number of hydrogen-bond donors (Lipinski definition) is 0. The van der Waals surface area contributed by atoms with Crippen LogP contribution in [0, 0.1) is 11.3 Å². The van der Waals surface area contributed by atoms with Crippen molar-refractivity contribution < 1.29 is 0 Å². The highest BCUT2D eigenvalue weighted by molar-refractivity contribution is 7.37. The second-order valence-electron chi connectivity index (χ2n) is 16.6. The fourth-order valence-corrected chi connectivity index (χ4v) is 15.2. The van der Waals surface area contributed by atoms with Gasteiger partial charge in [0.1, 0.15) is 8.07 Å². The number of thiophene rings is 2. The standard InChI is InChI=1S/C50H44N2S2Si/c1-32(31-51)28-37-22-26-47(53-37)55(6,7)48-27-25-46(54-48)33-16-18-34(19-17-33)52(35-20-23-40-38-12-8-10-14-42(38)49(2,3)44(40)29-35)36-21-24-41-39-13-9-11-15-43(39)50(4,5)45(41)30-36/h8-30H,1-7H3/b32-28+. The van der Waals surface area contributed by atoms with Crippen LogP contribution in [0.5, 0.6) is 0 Å². The van der Waals surface area contributed by atoms with Crippen LogP contribution < -0.4 is 13.9 Å². The zero-order valence-corrected chi connectivity index (χ0v) is 35.1. The Labute approximate surface area is 334 Å². The van der Waals surface area contributed by atoms with E-state index >= 15 is 0 Å². The van der Waals surface area contributed by atoms with Crippen LogP contribution >= 0.6 is 22.7 Å². The quantitative estimate of drug-likeness (QED) is 0.119. The molecule has 2 aliphatic rings. The molecule has 0 saturated heterocycles. The molecular weight excluding hydrogens is 721 g/mol. The van der Waals surface area contributed by atoms with Crippen molar-refractivity contribution in [3.63, 3.8) is 0 Å². The van der Waals surface area contributed by atoms with Crippen molar-refractivity contribution in [3.8, 4) is 38.8 Å². The Bertz CT molecular complexity index is 2610. The van der Waals surface area contributed by atoms with E-state index in [4.69, 9.17) is 0 Å². The Morgan fingerprint density at radius 2 is 1.07 bits per heavy atom. The van der Waals surface area contributed by atoms with Gasteiger partial charge < -0.3 is 4.90 Å². The van der Waals surface area contributed by atoms with Gasteiger partial charge in [0.15, 0.2) is 0 Å². The molecule has 2 heterocycles. The number of fused-ring (bicyclic) bond motifs is 6. The molecule has 0 unspecified atom stereocenters. The average molecular weight is 765 g/mol. The summed E-state index contributed by atoms with van der Waals surface area (Å²) in [7, 11) is -1.90. The van der Waals surface area contributed by atoms with Crippen LogP contribution in [-0.4, -0.2) is 8.07 Å². The molecule has 0 fully saturated rings. The predicted octanol–water partition coefficient (Wildman–Crippen LogP) is 13.3. The lowest BCUT2D eigenvalue weighted by atomic mass is 9.82. The molecule has 2 aliphatic carbocycles. The topological polar surface area (TPSA) is 27.0 Å². The van der Waals surface area contributed by atoms with Gasteiger partial charge in [-0.05, 0) is 121 Å². The summed E-state index contributed by atoms with van der Waals surface area (Å²) < 4.78 is 2.90. The molecule has 9 rings (SSSR count). The van der Waals surface area contributed by atoms with Crippen LogP contribution in [0.15, 0.2) is 139 Å². The smallest absolute Gasteiger partial charge is 0.137 e. The second-order valence-corrected chi connectivity index (χ2v) is 23.9. The molecule has 0 aliphatic heterocycles. The van der Waals surface area contributed by atoms with Crippen LogP contribution in [0.4, 0.5) is 17.1 Å². The van der Waals surface area contributed by atoms with Crippen molar-refractivity contribution >= 4 is 62.9 Å². The first kappa shape index (κ1) is 35.4. The zero-order valence-electron chi connectivity index (χ0n) is 32.5.